The van der Waals surface area contributed by atoms with Crippen molar-refractivity contribution in [3.05, 3.63) is 213 Å². The summed E-state index contributed by atoms with van der Waals surface area (Å²) in [5, 5.41) is 0. The summed E-state index contributed by atoms with van der Waals surface area (Å²) in [6.07, 6.45) is 9.97. The molecule has 0 aromatic heterocycles. The maximum atomic E-state index is 2.75. The summed E-state index contributed by atoms with van der Waals surface area (Å²) in [6, 6.07) is 61.3. The molecule has 0 amide bonds. The van der Waals surface area contributed by atoms with Crippen molar-refractivity contribution in [1.82, 2.24) is 0 Å². The topological polar surface area (TPSA) is 6.48 Å². The lowest BCUT2D eigenvalue weighted by atomic mass is 9.60. The lowest BCUT2D eigenvalue weighted by molar-refractivity contribution is 0.194. The van der Waals surface area contributed by atoms with E-state index in [2.05, 4.69) is 216 Å². The Morgan fingerprint density at radius 2 is 0.929 bits per heavy atom. The highest BCUT2D eigenvalue weighted by Gasteiger charge is 2.59. The van der Waals surface area contributed by atoms with Crippen LogP contribution in [0.2, 0.25) is 0 Å². The second kappa shape index (κ2) is 14.7. The van der Waals surface area contributed by atoms with Crippen LogP contribution in [0, 0.1) is 27.7 Å². The average molecular weight is 909 g/mol. The van der Waals surface area contributed by atoms with E-state index in [0.717, 1.165) is 0 Å². The van der Waals surface area contributed by atoms with Gasteiger partial charge in [-0.15, -0.1) is 0 Å². The van der Waals surface area contributed by atoms with Gasteiger partial charge in [0.15, 0.2) is 0 Å². The molecule has 2 saturated carbocycles. The monoisotopic (exact) mass is 909 g/mol. The molecule has 4 aliphatic carbocycles. The second-order valence-electron chi connectivity index (χ2n) is 22.9. The van der Waals surface area contributed by atoms with Gasteiger partial charge in [-0.2, -0.15) is 0 Å². The van der Waals surface area contributed by atoms with Gasteiger partial charge in [0.25, 0.3) is 0 Å². The Morgan fingerprint density at radius 1 is 0.429 bits per heavy atom. The third kappa shape index (κ3) is 5.20. The molecule has 346 valence electrons. The third-order valence-corrected chi connectivity index (χ3v) is 19.6. The molecular formula is C68H64N2. The number of benzene rings is 8. The SMILES string of the molecule is Cc1cc(-c2ccc3c(c2)C2(c4ccccc4-c4ccccc42)c2cc(-c4cc(C)c5c(c4C)C4(C)CCCCC4(C)N5c4ccccc4)ccc2-3)c(C)c2c1N(c1ccccc1)C1(C)CCCCC21. The van der Waals surface area contributed by atoms with Crippen molar-refractivity contribution in [1.29, 1.82) is 0 Å². The number of anilines is 4. The van der Waals surface area contributed by atoms with Crippen LogP contribution in [0.25, 0.3) is 44.5 Å². The molecule has 2 heterocycles. The first-order valence-electron chi connectivity index (χ1n) is 26.5. The standard InChI is InChI=1S/C68H64N2/c1-42-38-54(44(3)61-58-30-18-19-36-66(58,6)69(63(42)61)48-22-10-8-11-23-48)46-31-33-52-53-34-32-47(41-60(53)68(59(52)40-46)56-28-16-14-26-50(56)51-27-15-17-29-57(51)68)55-39-43(2)64-62(45(55)4)65(5)35-20-21-37-67(65,7)70(64)49-24-12-9-13-25-49/h8-17,22-29,31-34,38-41,58H,18-21,30,35-37H2,1-7H3. The average Bonchev–Trinajstić information content (AvgIpc) is 4.03. The van der Waals surface area contributed by atoms with Crippen LogP contribution in [0.3, 0.4) is 0 Å². The first-order chi connectivity index (χ1) is 34.0. The maximum absolute atomic E-state index is 2.75. The number of aryl methyl sites for hydroxylation is 2. The largest absolute Gasteiger partial charge is 0.334 e. The van der Waals surface area contributed by atoms with Gasteiger partial charge in [-0.05, 0) is 216 Å². The minimum absolute atomic E-state index is 0.00519. The summed E-state index contributed by atoms with van der Waals surface area (Å²) in [4.78, 5) is 5.50. The van der Waals surface area contributed by atoms with Gasteiger partial charge in [0.1, 0.15) is 0 Å². The zero-order valence-electron chi connectivity index (χ0n) is 42.1. The van der Waals surface area contributed by atoms with Crippen molar-refractivity contribution in [2.24, 2.45) is 0 Å². The van der Waals surface area contributed by atoms with Crippen molar-refractivity contribution < 1.29 is 0 Å². The van der Waals surface area contributed by atoms with E-state index in [0.29, 0.717) is 5.92 Å². The molecule has 2 fully saturated rings. The van der Waals surface area contributed by atoms with Crippen molar-refractivity contribution >= 4 is 22.7 Å². The van der Waals surface area contributed by atoms with E-state index in [-0.39, 0.29) is 16.5 Å². The van der Waals surface area contributed by atoms with Crippen LogP contribution in [-0.4, -0.2) is 11.1 Å². The van der Waals surface area contributed by atoms with Gasteiger partial charge in [0.2, 0.25) is 0 Å². The predicted molar refractivity (Wildman–Crippen MR) is 294 cm³/mol. The molecule has 4 atom stereocenters. The second-order valence-corrected chi connectivity index (χ2v) is 22.9. The van der Waals surface area contributed by atoms with Gasteiger partial charge in [0, 0.05) is 39.6 Å². The van der Waals surface area contributed by atoms with Crippen LogP contribution in [0.4, 0.5) is 22.7 Å². The van der Waals surface area contributed by atoms with Crippen molar-refractivity contribution in [3.8, 4) is 44.5 Å². The zero-order valence-corrected chi connectivity index (χ0v) is 42.1. The summed E-state index contributed by atoms with van der Waals surface area (Å²) in [5.41, 5.74) is 30.3. The van der Waals surface area contributed by atoms with Crippen LogP contribution in [0.1, 0.15) is 134 Å². The van der Waals surface area contributed by atoms with Crippen molar-refractivity contribution in [2.45, 2.75) is 128 Å². The molecule has 70 heavy (non-hydrogen) atoms. The fourth-order valence-electron chi connectivity index (χ4n) is 16.4. The highest BCUT2D eigenvalue weighted by molar-refractivity contribution is 5.98. The fraction of sp³-hybridized carbons (Fsp3) is 0.294. The molecule has 8 aromatic carbocycles. The molecule has 0 saturated heterocycles. The normalized spacial score (nSPS) is 23.8. The Hall–Kier alpha value is -6.64. The van der Waals surface area contributed by atoms with E-state index >= 15 is 0 Å². The predicted octanol–water partition coefficient (Wildman–Crippen LogP) is 17.9. The Bertz CT molecular complexity index is 3460. The highest BCUT2D eigenvalue weighted by atomic mass is 15.3. The summed E-state index contributed by atoms with van der Waals surface area (Å²) in [7, 11) is 0. The number of hydrogen-bond donors (Lipinski definition) is 0. The molecule has 0 radical (unpaired) electrons. The van der Waals surface area contributed by atoms with Crippen LogP contribution >= 0.6 is 0 Å². The van der Waals surface area contributed by atoms with E-state index in [1.165, 1.54) is 163 Å². The maximum Gasteiger partial charge on any atom is 0.0725 e. The van der Waals surface area contributed by atoms with E-state index in [9.17, 15) is 0 Å². The Labute approximate surface area is 416 Å². The Balaban J connectivity index is 0.977. The minimum atomic E-state index is -0.465. The molecule has 8 aromatic rings. The lowest BCUT2D eigenvalue weighted by Gasteiger charge is -2.50. The summed E-state index contributed by atoms with van der Waals surface area (Å²) < 4.78 is 0. The minimum Gasteiger partial charge on any atom is -0.334 e. The van der Waals surface area contributed by atoms with Gasteiger partial charge >= 0.3 is 0 Å². The summed E-state index contributed by atoms with van der Waals surface area (Å²) in [6.45, 7) is 17.4. The van der Waals surface area contributed by atoms with Gasteiger partial charge in [-0.25, -0.2) is 0 Å². The van der Waals surface area contributed by atoms with E-state index in [1.54, 1.807) is 11.1 Å². The number of rotatable bonds is 4. The molecule has 2 aliphatic heterocycles. The van der Waals surface area contributed by atoms with Crippen LogP contribution in [0.15, 0.2) is 158 Å². The molecular weight excluding hydrogens is 845 g/mol. The molecule has 4 unspecified atom stereocenters. The van der Waals surface area contributed by atoms with Crippen LogP contribution in [0.5, 0.6) is 0 Å². The molecule has 0 bridgehead atoms. The van der Waals surface area contributed by atoms with Gasteiger partial charge < -0.3 is 9.80 Å². The number of nitrogens with zero attached hydrogens (tertiary/aromatic N) is 2. The van der Waals surface area contributed by atoms with Gasteiger partial charge in [-0.3, -0.25) is 0 Å². The molecule has 2 heteroatoms. The number of fused-ring (bicyclic) bond motifs is 16. The molecule has 2 nitrogen and oxygen atoms in total. The molecule has 1 spiro atoms. The van der Waals surface area contributed by atoms with E-state index < -0.39 is 5.41 Å². The third-order valence-electron chi connectivity index (χ3n) is 19.6. The first kappa shape index (κ1) is 42.3. The number of para-hydroxylation sites is 2. The van der Waals surface area contributed by atoms with Crippen molar-refractivity contribution in [2.75, 3.05) is 9.80 Å². The number of hydrogen-bond acceptors (Lipinski definition) is 2. The molecule has 14 rings (SSSR count). The lowest BCUT2D eigenvalue weighted by Crippen LogP contribution is -2.54. The molecule has 0 N–H and O–H groups in total. The first-order valence-corrected chi connectivity index (χ1v) is 26.5. The van der Waals surface area contributed by atoms with E-state index in [4.69, 9.17) is 0 Å². The van der Waals surface area contributed by atoms with Crippen molar-refractivity contribution in [3.63, 3.8) is 0 Å². The quantitative estimate of drug-likeness (QED) is 0.174. The Morgan fingerprint density at radius 3 is 1.54 bits per heavy atom. The smallest absolute Gasteiger partial charge is 0.0725 e. The fourth-order valence-corrected chi connectivity index (χ4v) is 16.4. The van der Waals surface area contributed by atoms with Gasteiger partial charge in [-0.1, -0.05) is 142 Å². The summed E-state index contributed by atoms with van der Waals surface area (Å²) >= 11 is 0. The molecule has 6 aliphatic rings. The highest BCUT2D eigenvalue weighted by Crippen LogP contribution is 2.67. The Kier molecular flexibility index (Phi) is 8.88. The van der Waals surface area contributed by atoms with Gasteiger partial charge in [0.05, 0.1) is 11.0 Å². The zero-order chi connectivity index (χ0) is 47.5. The van der Waals surface area contributed by atoms with Crippen LogP contribution in [-0.2, 0) is 10.8 Å². The summed E-state index contributed by atoms with van der Waals surface area (Å²) in [5.74, 6) is 0.495. The van der Waals surface area contributed by atoms with E-state index in [1.807, 2.05) is 0 Å². The van der Waals surface area contributed by atoms with Crippen LogP contribution < -0.4 is 9.80 Å².